The van der Waals surface area contributed by atoms with Gasteiger partial charge in [-0.15, -0.1) is 0 Å². The van der Waals surface area contributed by atoms with Crippen molar-refractivity contribution in [3.63, 3.8) is 0 Å². The number of esters is 1. The van der Waals surface area contributed by atoms with Crippen molar-refractivity contribution in [3.05, 3.63) is 95.3 Å². The molecule has 3 amide bonds. The van der Waals surface area contributed by atoms with Crippen LogP contribution in [0.3, 0.4) is 0 Å². The Morgan fingerprint density at radius 1 is 0.850 bits per heavy atom. The van der Waals surface area contributed by atoms with E-state index in [0.29, 0.717) is 19.4 Å². The van der Waals surface area contributed by atoms with Crippen molar-refractivity contribution < 1.29 is 32.3 Å². The van der Waals surface area contributed by atoms with E-state index in [4.69, 9.17) is 4.74 Å². The number of carbonyl (C=O) groups is 4. The average Bonchev–Trinajstić information content (AvgIpc) is 2.95. The topological polar surface area (TPSA) is 161 Å². The highest BCUT2D eigenvalue weighted by Gasteiger charge is 2.20. The summed E-state index contributed by atoms with van der Waals surface area (Å²) in [6.07, 6.45) is 2.80. The zero-order chi connectivity index (χ0) is 29.0. The van der Waals surface area contributed by atoms with E-state index in [1.54, 1.807) is 24.3 Å². The van der Waals surface area contributed by atoms with Gasteiger partial charge < -0.3 is 15.4 Å². The van der Waals surface area contributed by atoms with E-state index >= 15 is 0 Å². The first-order valence-electron chi connectivity index (χ1n) is 12.5. The van der Waals surface area contributed by atoms with Crippen LogP contribution >= 0.6 is 0 Å². The largest absolute Gasteiger partial charge is 0.460 e. The van der Waals surface area contributed by atoms with Crippen LogP contribution in [0.25, 0.3) is 0 Å². The van der Waals surface area contributed by atoms with Crippen LogP contribution in [-0.4, -0.2) is 50.2 Å². The van der Waals surface area contributed by atoms with Crippen molar-refractivity contribution in [2.45, 2.75) is 37.7 Å². The van der Waals surface area contributed by atoms with Gasteiger partial charge in [-0.1, -0.05) is 49.4 Å². The Kier molecular flexibility index (Phi) is 10.9. The van der Waals surface area contributed by atoms with Crippen molar-refractivity contribution in [1.29, 1.82) is 0 Å². The van der Waals surface area contributed by atoms with Crippen molar-refractivity contribution in [2.24, 2.45) is 0 Å². The van der Waals surface area contributed by atoms with E-state index in [9.17, 15) is 27.6 Å². The maximum atomic E-state index is 12.7. The summed E-state index contributed by atoms with van der Waals surface area (Å²) in [5.41, 5.74) is 1.48. The third-order valence-electron chi connectivity index (χ3n) is 5.57. The summed E-state index contributed by atoms with van der Waals surface area (Å²) < 4.78 is 32.4. The monoisotopic (exact) mass is 566 g/mol. The highest BCUT2D eigenvalue weighted by Crippen LogP contribution is 2.12. The molecule has 3 aromatic rings. The number of amides is 3. The average molecular weight is 567 g/mol. The molecule has 0 unspecified atom stereocenters. The third-order valence-corrected chi connectivity index (χ3v) is 6.91. The van der Waals surface area contributed by atoms with E-state index in [-0.39, 0.29) is 35.2 Å². The van der Waals surface area contributed by atoms with E-state index in [1.807, 2.05) is 29.8 Å². The van der Waals surface area contributed by atoms with Gasteiger partial charge in [0.1, 0.15) is 18.8 Å². The van der Waals surface area contributed by atoms with Gasteiger partial charge in [0.05, 0.1) is 10.5 Å². The molecule has 0 saturated carbocycles. The second-order valence-corrected chi connectivity index (χ2v) is 10.4. The molecule has 0 saturated heterocycles. The Morgan fingerprint density at radius 2 is 1.57 bits per heavy atom. The van der Waals surface area contributed by atoms with Crippen LogP contribution in [0.2, 0.25) is 0 Å². The molecule has 0 aliphatic carbocycles. The maximum Gasteiger partial charge on any atom is 0.325 e. The third kappa shape index (κ3) is 9.31. The summed E-state index contributed by atoms with van der Waals surface area (Å²) in [6, 6.07) is 17.5. The van der Waals surface area contributed by atoms with E-state index in [0.717, 1.165) is 23.7 Å². The number of nitrogens with zero attached hydrogens (tertiary/aromatic N) is 1. The number of nitrogens with one attached hydrogen (secondary N) is 3. The molecule has 0 bridgehead atoms. The van der Waals surface area contributed by atoms with Crippen LogP contribution in [0.15, 0.2) is 77.8 Å². The molecule has 12 heteroatoms. The molecule has 1 aromatic heterocycles. The van der Waals surface area contributed by atoms with Crippen LogP contribution in [0.4, 0.5) is 0 Å². The maximum absolute atomic E-state index is 12.7. The molecule has 11 nitrogen and oxygen atoms in total. The standard InChI is InChI=1S/C28H30N4O7S/c1-2-6-25(33)29-16-15-20-9-12-23(13-10-20)40(37,38)32-27(35)22-11-14-24(30-17-22)28(36)31-18-26(34)39-19-21-7-4-3-5-8-21/h3-5,7-14,17H,2,6,15-16,18-19H2,1H3,(H,29,33)(H,31,36)(H,32,35). The first-order chi connectivity index (χ1) is 19.2. The lowest BCUT2D eigenvalue weighted by molar-refractivity contribution is -0.143. The SMILES string of the molecule is CCCC(=O)NCCc1ccc(S(=O)(=O)NC(=O)c2ccc(C(=O)NCC(=O)OCc3ccccc3)nc2)cc1. The Hall–Kier alpha value is -4.58. The van der Waals surface area contributed by atoms with Gasteiger partial charge in [-0.2, -0.15) is 0 Å². The molecule has 210 valence electrons. The summed E-state index contributed by atoms with van der Waals surface area (Å²) in [6.45, 7) is 2.05. The highest BCUT2D eigenvalue weighted by molar-refractivity contribution is 7.90. The number of aromatic nitrogens is 1. The minimum atomic E-state index is -4.16. The molecule has 0 aliphatic heterocycles. The number of ether oxygens (including phenoxy) is 1. The highest BCUT2D eigenvalue weighted by atomic mass is 32.2. The normalized spacial score (nSPS) is 10.8. The molecule has 0 spiro atoms. The van der Waals surface area contributed by atoms with Crippen LogP contribution in [-0.2, 0) is 37.4 Å². The Bertz CT molecular complexity index is 1430. The van der Waals surface area contributed by atoms with Gasteiger partial charge in [-0.25, -0.2) is 13.1 Å². The minimum absolute atomic E-state index is 0.0354. The number of rotatable bonds is 13. The number of carbonyl (C=O) groups excluding carboxylic acids is 4. The smallest absolute Gasteiger partial charge is 0.325 e. The van der Waals surface area contributed by atoms with E-state index < -0.39 is 27.8 Å². The number of pyridine rings is 1. The lowest BCUT2D eigenvalue weighted by Gasteiger charge is -2.09. The fourth-order valence-electron chi connectivity index (χ4n) is 3.43. The van der Waals surface area contributed by atoms with Gasteiger partial charge in [-0.3, -0.25) is 24.2 Å². The van der Waals surface area contributed by atoms with Gasteiger partial charge in [0.15, 0.2) is 0 Å². The second-order valence-electron chi connectivity index (χ2n) is 8.69. The lowest BCUT2D eigenvalue weighted by Crippen LogP contribution is -2.32. The number of sulfonamides is 1. The fraction of sp³-hybridized carbons (Fsp3) is 0.250. The number of hydrogen-bond acceptors (Lipinski definition) is 8. The van der Waals surface area contributed by atoms with Gasteiger partial charge >= 0.3 is 5.97 Å². The minimum Gasteiger partial charge on any atom is -0.460 e. The molecule has 0 atom stereocenters. The lowest BCUT2D eigenvalue weighted by atomic mass is 10.1. The number of hydrogen-bond donors (Lipinski definition) is 3. The molecular formula is C28H30N4O7S. The van der Waals surface area contributed by atoms with Crippen LogP contribution < -0.4 is 15.4 Å². The Morgan fingerprint density at radius 3 is 2.23 bits per heavy atom. The molecule has 0 aliphatic rings. The van der Waals surface area contributed by atoms with Crippen LogP contribution in [0, 0.1) is 0 Å². The predicted octanol–water partition coefficient (Wildman–Crippen LogP) is 2.13. The van der Waals surface area contributed by atoms with Gasteiger partial charge in [0.2, 0.25) is 5.91 Å². The van der Waals surface area contributed by atoms with E-state index in [2.05, 4.69) is 15.6 Å². The number of benzene rings is 2. The molecule has 40 heavy (non-hydrogen) atoms. The van der Waals surface area contributed by atoms with Crippen LogP contribution in [0.1, 0.15) is 51.7 Å². The van der Waals surface area contributed by atoms with Gasteiger partial charge in [0, 0.05) is 19.2 Å². The second kappa shape index (κ2) is 14.5. The Labute approximate surface area is 232 Å². The molecule has 3 N–H and O–H groups in total. The molecule has 1 heterocycles. The summed E-state index contributed by atoms with van der Waals surface area (Å²) in [5.74, 6) is -2.26. The first kappa shape index (κ1) is 30.0. The molecule has 2 aromatic carbocycles. The Balaban J connectivity index is 1.48. The van der Waals surface area contributed by atoms with Crippen molar-refractivity contribution in [1.82, 2.24) is 20.3 Å². The van der Waals surface area contributed by atoms with E-state index in [1.165, 1.54) is 24.3 Å². The zero-order valence-electron chi connectivity index (χ0n) is 21.9. The quantitative estimate of drug-likeness (QED) is 0.265. The van der Waals surface area contributed by atoms with Crippen molar-refractivity contribution in [3.8, 4) is 0 Å². The van der Waals surface area contributed by atoms with Crippen molar-refractivity contribution >= 4 is 33.7 Å². The zero-order valence-corrected chi connectivity index (χ0v) is 22.7. The molecule has 0 radical (unpaired) electrons. The summed E-state index contributed by atoms with van der Waals surface area (Å²) in [7, 11) is -4.16. The molecule has 0 fully saturated rings. The predicted molar refractivity (Wildman–Crippen MR) is 146 cm³/mol. The first-order valence-corrected chi connectivity index (χ1v) is 14.0. The molecule has 3 rings (SSSR count). The fourth-order valence-corrected chi connectivity index (χ4v) is 4.41. The summed E-state index contributed by atoms with van der Waals surface area (Å²) >= 11 is 0. The van der Waals surface area contributed by atoms with Gasteiger partial charge in [0.25, 0.3) is 21.8 Å². The summed E-state index contributed by atoms with van der Waals surface area (Å²) in [5, 5.41) is 5.17. The summed E-state index contributed by atoms with van der Waals surface area (Å²) in [4.78, 5) is 52.0. The van der Waals surface area contributed by atoms with Crippen molar-refractivity contribution in [2.75, 3.05) is 13.1 Å². The van der Waals surface area contributed by atoms with Crippen LogP contribution in [0.5, 0.6) is 0 Å². The van der Waals surface area contributed by atoms with Gasteiger partial charge in [-0.05, 0) is 48.2 Å². The molecular weight excluding hydrogens is 536 g/mol.